The molecule has 1 saturated carbocycles. The first-order valence-corrected chi connectivity index (χ1v) is 8.38. The van der Waals surface area contributed by atoms with Crippen LogP contribution in [0.5, 0.6) is 5.75 Å². The Morgan fingerprint density at radius 1 is 1.39 bits per heavy atom. The molecule has 0 spiro atoms. The monoisotopic (exact) mass is 319 g/mol. The summed E-state index contributed by atoms with van der Waals surface area (Å²) in [6.07, 6.45) is 2.47. The van der Waals surface area contributed by atoms with Gasteiger partial charge in [0.2, 0.25) is 5.91 Å². The van der Waals surface area contributed by atoms with E-state index in [1.807, 2.05) is 36.1 Å². The normalized spacial score (nSPS) is 26.9. The fraction of sp³-hybridized carbons (Fsp3) is 0.611. The van der Waals surface area contributed by atoms with E-state index in [4.69, 9.17) is 14.2 Å². The molecule has 2 fully saturated rings. The van der Waals surface area contributed by atoms with E-state index in [0.717, 1.165) is 24.2 Å². The highest BCUT2D eigenvalue weighted by atomic mass is 16.5. The van der Waals surface area contributed by atoms with Crippen LogP contribution in [0.2, 0.25) is 0 Å². The maximum atomic E-state index is 12.8. The number of hydrogen-bond acceptors (Lipinski definition) is 4. The Morgan fingerprint density at radius 2 is 2.26 bits per heavy atom. The van der Waals surface area contributed by atoms with E-state index >= 15 is 0 Å². The standard InChI is InChI=1S/C18H25NO4/c1-3-22-16-8-7-15-18(16)23-10-9-19(15)17(20)12-13-5-4-6-14(11-13)21-2/h4-6,11,15-16,18H,3,7-10,12H2,1-2H3/t15-,16-,18-/m0/s1. The van der Waals surface area contributed by atoms with Gasteiger partial charge in [-0.15, -0.1) is 0 Å². The van der Waals surface area contributed by atoms with E-state index in [1.165, 1.54) is 0 Å². The van der Waals surface area contributed by atoms with Gasteiger partial charge in [0.25, 0.3) is 0 Å². The highest BCUT2D eigenvalue weighted by Gasteiger charge is 2.44. The van der Waals surface area contributed by atoms with Gasteiger partial charge in [0.05, 0.1) is 32.3 Å². The molecular weight excluding hydrogens is 294 g/mol. The van der Waals surface area contributed by atoms with Crippen LogP contribution in [0.4, 0.5) is 0 Å². The lowest BCUT2D eigenvalue weighted by Gasteiger charge is -2.39. The van der Waals surface area contributed by atoms with E-state index in [-0.39, 0.29) is 24.2 Å². The average molecular weight is 319 g/mol. The molecule has 0 aromatic heterocycles. The van der Waals surface area contributed by atoms with Crippen molar-refractivity contribution in [1.29, 1.82) is 0 Å². The SMILES string of the molecule is CCO[C@H]1CC[C@H]2[C@@H]1OCCN2C(=O)Cc1cccc(OC)c1. The zero-order chi connectivity index (χ0) is 16.2. The van der Waals surface area contributed by atoms with Crippen molar-refractivity contribution >= 4 is 5.91 Å². The van der Waals surface area contributed by atoms with E-state index in [2.05, 4.69) is 0 Å². The van der Waals surface area contributed by atoms with Crippen molar-refractivity contribution < 1.29 is 19.0 Å². The van der Waals surface area contributed by atoms with Crippen molar-refractivity contribution in [2.24, 2.45) is 0 Å². The third kappa shape index (κ3) is 3.51. The highest BCUT2D eigenvalue weighted by molar-refractivity contribution is 5.79. The Morgan fingerprint density at radius 3 is 3.04 bits per heavy atom. The maximum Gasteiger partial charge on any atom is 0.227 e. The summed E-state index contributed by atoms with van der Waals surface area (Å²) in [5.74, 6) is 0.945. The van der Waals surface area contributed by atoms with Gasteiger partial charge < -0.3 is 19.1 Å². The fourth-order valence-electron chi connectivity index (χ4n) is 3.68. The number of hydrogen-bond donors (Lipinski definition) is 0. The molecule has 0 N–H and O–H groups in total. The Labute approximate surface area is 137 Å². The minimum atomic E-state index is 0.0259. The second-order valence-corrected chi connectivity index (χ2v) is 6.09. The number of carbonyl (C=O) groups is 1. The van der Waals surface area contributed by atoms with Crippen molar-refractivity contribution in [3.8, 4) is 5.75 Å². The summed E-state index contributed by atoms with van der Waals surface area (Å²) in [5, 5.41) is 0. The summed E-state index contributed by atoms with van der Waals surface area (Å²) in [6.45, 7) is 3.95. The molecule has 5 nitrogen and oxygen atoms in total. The second kappa shape index (κ2) is 7.32. The van der Waals surface area contributed by atoms with Crippen molar-refractivity contribution in [2.45, 2.75) is 44.4 Å². The summed E-state index contributed by atoms with van der Waals surface area (Å²) in [5.41, 5.74) is 0.983. The van der Waals surface area contributed by atoms with Crippen LogP contribution in [-0.2, 0) is 20.7 Å². The summed E-state index contributed by atoms with van der Waals surface area (Å²) in [7, 11) is 1.64. The summed E-state index contributed by atoms with van der Waals surface area (Å²) in [6, 6.07) is 7.86. The van der Waals surface area contributed by atoms with Crippen LogP contribution >= 0.6 is 0 Å². The van der Waals surface area contributed by atoms with E-state index < -0.39 is 0 Å². The first-order valence-electron chi connectivity index (χ1n) is 8.38. The molecule has 23 heavy (non-hydrogen) atoms. The summed E-state index contributed by atoms with van der Waals surface area (Å²) < 4.78 is 16.9. The fourth-order valence-corrected chi connectivity index (χ4v) is 3.68. The van der Waals surface area contributed by atoms with Crippen molar-refractivity contribution in [2.75, 3.05) is 26.9 Å². The van der Waals surface area contributed by atoms with Crippen LogP contribution in [-0.4, -0.2) is 55.9 Å². The molecule has 1 amide bonds. The number of carbonyl (C=O) groups excluding carboxylic acids is 1. The molecule has 1 saturated heterocycles. The van der Waals surface area contributed by atoms with Crippen LogP contribution in [0.25, 0.3) is 0 Å². The molecule has 1 aliphatic heterocycles. The number of nitrogens with zero attached hydrogens (tertiary/aromatic N) is 1. The predicted molar refractivity (Wildman–Crippen MR) is 86.6 cm³/mol. The first kappa shape index (κ1) is 16.3. The summed E-state index contributed by atoms with van der Waals surface area (Å²) >= 11 is 0. The van der Waals surface area contributed by atoms with Gasteiger partial charge in [-0.05, 0) is 37.5 Å². The minimum absolute atomic E-state index is 0.0259. The molecule has 3 rings (SSSR count). The molecule has 1 aliphatic carbocycles. The number of amides is 1. The van der Waals surface area contributed by atoms with E-state index in [0.29, 0.717) is 26.2 Å². The molecule has 0 unspecified atom stereocenters. The van der Waals surface area contributed by atoms with Gasteiger partial charge in [-0.3, -0.25) is 4.79 Å². The minimum Gasteiger partial charge on any atom is -0.497 e. The quantitative estimate of drug-likeness (QED) is 0.833. The second-order valence-electron chi connectivity index (χ2n) is 6.09. The Balaban J connectivity index is 1.67. The zero-order valence-corrected chi connectivity index (χ0v) is 13.9. The molecule has 0 radical (unpaired) electrons. The molecular formula is C18H25NO4. The number of fused-ring (bicyclic) bond motifs is 1. The maximum absolute atomic E-state index is 12.8. The van der Waals surface area contributed by atoms with Gasteiger partial charge in [-0.25, -0.2) is 0 Å². The van der Waals surface area contributed by atoms with E-state index in [1.54, 1.807) is 7.11 Å². The molecule has 5 heteroatoms. The first-order chi connectivity index (χ1) is 11.2. The van der Waals surface area contributed by atoms with Gasteiger partial charge in [0.15, 0.2) is 0 Å². The van der Waals surface area contributed by atoms with Crippen LogP contribution < -0.4 is 4.74 Å². The topological polar surface area (TPSA) is 48.0 Å². The number of ether oxygens (including phenoxy) is 3. The lowest BCUT2D eigenvalue weighted by atomic mass is 10.1. The van der Waals surface area contributed by atoms with Crippen LogP contribution in [0, 0.1) is 0 Å². The van der Waals surface area contributed by atoms with Gasteiger partial charge in [-0.1, -0.05) is 12.1 Å². The molecule has 2 aliphatic rings. The average Bonchev–Trinajstić information content (AvgIpc) is 2.98. The zero-order valence-electron chi connectivity index (χ0n) is 13.9. The highest BCUT2D eigenvalue weighted by Crippen LogP contribution is 2.32. The van der Waals surface area contributed by atoms with Gasteiger partial charge in [0, 0.05) is 13.2 Å². The van der Waals surface area contributed by atoms with Crippen molar-refractivity contribution in [3.63, 3.8) is 0 Å². The third-order valence-electron chi connectivity index (χ3n) is 4.73. The van der Waals surface area contributed by atoms with Crippen LogP contribution in [0.1, 0.15) is 25.3 Å². The smallest absolute Gasteiger partial charge is 0.227 e. The number of benzene rings is 1. The molecule has 1 aromatic rings. The lowest BCUT2D eigenvalue weighted by Crippen LogP contribution is -2.54. The summed E-state index contributed by atoms with van der Waals surface area (Å²) in [4.78, 5) is 14.8. The number of rotatable bonds is 5. The Hall–Kier alpha value is -1.59. The Kier molecular flexibility index (Phi) is 5.18. The van der Waals surface area contributed by atoms with Crippen molar-refractivity contribution in [1.82, 2.24) is 4.90 Å². The predicted octanol–water partition coefficient (Wildman–Crippen LogP) is 2.03. The molecule has 0 bridgehead atoms. The molecule has 126 valence electrons. The Bertz CT molecular complexity index is 548. The number of morpholine rings is 1. The van der Waals surface area contributed by atoms with Crippen molar-refractivity contribution in [3.05, 3.63) is 29.8 Å². The molecule has 3 atom stereocenters. The number of methoxy groups -OCH3 is 1. The van der Waals surface area contributed by atoms with Gasteiger partial charge in [0.1, 0.15) is 11.9 Å². The lowest BCUT2D eigenvalue weighted by molar-refractivity contribution is -0.150. The largest absolute Gasteiger partial charge is 0.497 e. The molecule has 1 aromatic carbocycles. The van der Waals surface area contributed by atoms with Gasteiger partial charge >= 0.3 is 0 Å². The third-order valence-corrected chi connectivity index (χ3v) is 4.73. The van der Waals surface area contributed by atoms with Crippen LogP contribution in [0.15, 0.2) is 24.3 Å². The van der Waals surface area contributed by atoms with E-state index in [9.17, 15) is 4.79 Å². The van der Waals surface area contributed by atoms with Crippen LogP contribution in [0.3, 0.4) is 0 Å². The molecule has 1 heterocycles. The van der Waals surface area contributed by atoms with Gasteiger partial charge in [-0.2, -0.15) is 0 Å².